The zero-order chi connectivity index (χ0) is 15.2. The van der Waals surface area contributed by atoms with E-state index in [-0.39, 0.29) is 12.3 Å². The lowest BCUT2D eigenvalue weighted by molar-refractivity contribution is -0.140. The van der Waals surface area contributed by atoms with Crippen LogP contribution in [0.15, 0.2) is 24.3 Å². The molecule has 114 valence electrons. The van der Waals surface area contributed by atoms with Crippen molar-refractivity contribution in [2.75, 3.05) is 26.2 Å². The molecule has 1 aliphatic heterocycles. The van der Waals surface area contributed by atoms with E-state index in [0.717, 1.165) is 18.7 Å². The Kier molecular flexibility index (Phi) is 5.41. The minimum atomic E-state index is -0.962. The number of hydrogen-bond acceptors (Lipinski definition) is 4. The first-order valence-electron chi connectivity index (χ1n) is 6.77. The van der Waals surface area contributed by atoms with Crippen LogP contribution in [-0.2, 0) is 16.0 Å². The molecule has 21 heavy (non-hydrogen) atoms. The van der Waals surface area contributed by atoms with Crippen molar-refractivity contribution in [2.24, 2.45) is 5.73 Å². The third-order valence-electron chi connectivity index (χ3n) is 3.33. The van der Waals surface area contributed by atoms with E-state index < -0.39 is 12.2 Å². The molecule has 1 aromatic rings. The van der Waals surface area contributed by atoms with Crippen molar-refractivity contribution in [3.8, 4) is 0 Å². The van der Waals surface area contributed by atoms with Gasteiger partial charge in [0.2, 0.25) is 0 Å². The maximum absolute atomic E-state index is 12.5. The highest BCUT2D eigenvalue weighted by Crippen LogP contribution is 2.18. The fourth-order valence-corrected chi connectivity index (χ4v) is 2.49. The quantitative estimate of drug-likeness (QED) is 0.860. The first-order chi connectivity index (χ1) is 10.1. The van der Waals surface area contributed by atoms with Crippen LogP contribution < -0.4 is 11.1 Å². The van der Waals surface area contributed by atoms with E-state index in [4.69, 9.17) is 22.1 Å². The number of nitrogens with two attached hydrogens (primary N) is 1. The van der Waals surface area contributed by atoms with Gasteiger partial charge in [0.25, 0.3) is 5.91 Å². The summed E-state index contributed by atoms with van der Waals surface area (Å²) in [5.74, 6) is -0.241. The Labute approximate surface area is 128 Å². The van der Waals surface area contributed by atoms with Gasteiger partial charge in [0.15, 0.2) is 6.10 Å². The zero-order valence-corrected chi connectivity index (χ0v) is 12.3. The molecule has 2 amide bonds. The molecule has 0 radical (unpaired) electrons. The van der Waals surface area contributed by atoms with Crippen molar-refractivity contribution in [1.82, 2.24) is 10.2 Å². The third-order valence-corrected chi connectivity index (χ3v) is 3.69. The molecule has 7 heteroatoms. The monoisotopic (exact) mass is 311 g/mol. The van der Waals surface area contributed by atoms with Crippen LogP contribution in [0.3, 0.4) is 0 Å². The lowest BCUT2D eigenvalue weighted by atomic mass is 10.1. The van der Waals surface area contributed by atoms with E-state index in [2.05, 4.69) is 5.32 Å². The number of halogens is 1. The highest BCUT2D eigenvalue weighted by Gasteiger charge is 2.28. The summed E-state index contributed by atoms with van der Waals surface area (Å²) >= 11 is 6.09. The highest BCUT2D eigenvalue weighted by molar-refractivity contribution is 6.31. The zero-order valence-electron chi connectivity index (χ0n) is 11.5. The Morgan fingerprint density at radius 1 is 1.33 bits per heavy atom. The third kappa shape index (κ3) is 4.34. The van der Waals surface area contributed by atoms with Crippen LogP contribution in [0.5, 0.6) is 0 Å². The molecule has 6 nitrogen and oxygen atoms in total. The number of rotatable bonds is 4. The first-order valence-corrected chi connectivity index (χ1v) is 7.14. The molecule has 3 N–H and O–H groups in total. The summed E-state index contributed by atoms with van der Waals surface area (Å²) in [4.78, 5) is 25.2. The Morgan fingerprint density at radius 3 is 2.62 bits per heavy atom. The molecule has 1 unspecified atom stereocenters. The van der Waals surface area contributed by atoms with E-state index in [1.165, 1.54) is 0 Å². The van der Waals surface area contributed by atoms with Crippen molar-refractivity contribution in [1.29, 1.82) is 0 Å². The number of hydrogen-bond donors (Lipinski definition) is 2. The number of nitrogens with one attached hydrogen (secondary N) is 1. The van der Waals surface area contributed by atoms with Gasteiger partial charge in [-0.25, -0.2) is 4.79 Å². The summed E-state index contributed by atoms with van der Waals surface area (Å²) in [6.07, 6.45) is -1.69. The SMILES string of the molecule is NC(=O)OC(Cc1ccccc1Cl)C(=O)N1CCNCC1. The summed E-state index contributed by atoms with van der Waals surface area (Å²) in [6, 6.07) is 7.14. The van der Waals surface area contributed by atoms with E-state index in [0.29, 0.717) is 18.1 Å². The first kappa shape index (κ1) is 15.6. The summed E-state index contributed by atoms with van der Waals surface area (Å²) in [5, 5.41) is 3.69. The standard InChI is InChI=1S/C14H18ClN3O3/c15-11-4-2-1-3-10(11)9-12(21-14(16)20)13(19)18-7-5-17-6-8-18/h1-4,12,17H,5-9H2,(H2,16,20). The van der Waals surface area contributed by atoms with Crippen LogP contribution >= 0.6 is 11.6 Å². The van der Waals surface area contributed by atoms with Gasteiger partial charge in [-0.1, -0.05) is 29.8 Å². The van der Waals surface area contributed by atoms with Gasteiger partial charge in [0.05, 0.1) is 0 Å². The molecule has 0 bridgehead atoms. The molecule has 1 aromatic carbocycles. The molecule has 1 saturated heterocycles. The molecule has 1 heterocycles. The predicted octanol–water partition coefficient (Wildman–Crippen LogP) is 0.778. The summed E-state index contributed by atoms with van der Waals surface area (Å²) in [5.41, 5.74) is 5.82. The van der Waals surface area contributed by atoms with Crippen LogP contribution in [0.25, 0.3) is 0 Å². The second-order valence-electron chi connectivity index (χ2n) is 4.80. The number of carbonyl (C=O) groups excluding carboxylic acids is 2. The molecule has 0 aromatic heterocycles. The Balaban J connectivity index is 2.11. The van der Waals surface area contributed by atoms with E-state index >= 15 is 0 Å². The molecule has 0 saturated carbocycles. The van der Waals surface area contributed by atoms with Gasteiger partial charge in [0, 0.05) is 37.6 Å². The normalized spacial score (nSPS) is 16.3. The van der Waals surface area contributed by atoms with Gasteiger partial charge in [-0.15, -0.1) is 0 Å². The minimum Gasteiger partial charge on any atom is -0.436 e. The summed E-state index contributed by atoms with van der Waals surface area (Å²) < 4.78 is 4.99. The molecule has 0 aliphatic carbocycles. The van der Waals surface area contributed by atoms with Crippen molar-refractivity contribution in [3.63, 3.8) is 0 Å². The van der Waals surface area contributed by atoms with Gasteiger partial charge in [-0.2, -0.15) is 0 Å². The highest BCUT2D eigenvalue weighted by atomic mass is 35.5. The average molecular weight is 312 g/mol. The second kappa shape index (κ2) is 7.28. The molecular weight excluding hydrogens is 294 g/mol. The Morgan fingerprint density at radius 2 is 2.00 bits per heavy atom. The fourth-order valence-electron chi connectivity index (χ4n) is 2.27. The summed E-state index contributed by atoms with van der Waals surface area (Å²) in [6.45, 7) is 2.61. The van der Waals surface area contributed by atoms with Crippen LogP contribution in [-0.4, -0.2) is 49.2 Å². The number of benzene rings is 1. The molecule has 1 fully saturated rings. The van der Waals surface area contributed by atoms with Crippen molar-refractivity contribution in [2.45, 2.75) is 12.5 Å². The number of amides is 2. The Bertz CT molecular complexity index is 518. The van der Waals surface area contributed by atoms with Crippen LogP contribution in [0.4, 0.5) is 4.79 Å². The van der Waals surface area contributed by atoms with Gasteiger partial charge in [-0.3, -0.25) is 4.79 Å². The topological polar surface area (TPSA) is 84.7 Å². The second-order valence-corrected chi connectivity index (χ2v) is 5.20. The molecular formula is C14H18ClN3O3. The number of nitrogens with zero attached hydrogens (tertiary/aromatic N) is 1. The number of ether oxygens (including phenoxy) is 1. The molecule has 1 atom stereocenters. The van der Waals surface area contributed by atoms with Crippen molar-refractivity contribution in [3.05, 3.63) is 34.9 Å². The largest absolute Gasteiger partial charge is 0.436 e. The number of piperazine rings is 1. The average Bonchev–Trinajstić information content (AvgIpc) is 2.48. The van der Waals surface area contributed by atoms with Gasteiger partial charge in [-0.05, 0) is 11.6 Å². The van der Waals surface area contributed by atoms with Gasteiger partial charge < -0.3 is 20.7 Å². The number of primary amides is 1. The molecule has 1 aliphatic rings. The van der Waals surface area contributed by atoms with Crippen LogP contribution in [0.1, 0.15) is 5.56 Å². The van der Waals surface area contributed by atoms with Crippen molar-refractivity contribution >= 4 is 23.6 Å². The number of carbonyl (C=O) groups is 2. The van der Waals surface area contributed by atoms with Crippen LogP contribution in [0.2, 0.25) is 5.02 Å². The maximum Gasteiger partial charge on any atom is 0.405 e. The Hall–Kier alpha value is -1.79. The fraction of sp³-hybridized carbons (Fsp3) is 0.429. The van der Waals surface area contributed by atoms with Crippen molar-refractivity contribution < 1.29 is 14.3 Å². The lowest BCUT2D eigenvalue weighted by Crippen LogP contribution is -2.51. The smallest absolute Gasteiger partial charge is 0.405 e. The van der Waals surface area contributed by atoms with Gasteiger partial charge in [0.1, 0.15) is 0 Å². The van der Waals surface area contributed by atoms with E-state index in [9.17, 15) is 9.59 Å². The minimum absolute atomic E-state index is 0.214. The predicted molar refractivity (Wildman–Crippen MR) is 79.1 cm³/mol. The molecule has 0 spiro atoms. The lowest BCUT2D eigenvalue weighted by Gasteiger charge is -2.30. The van der Waals surface area contributed by atoms with E-state index in [1.54, 1.807) is 23.1 Å². The van der Waals surface area contributed by atoms with Crippen LogP contribution in [0, 0.1) is 0 Å². The molecule has 2 rings (SSSR count). The van der Waals surface area contributed by atoms with E-state index in [1.807, 2.05) is 6.07 Å². The van der Waals surface area contributed by atoms with Gasteiger partial charge >= 0.3 is 6.09 Å². The maximum atomic E-state index is 12.5. The summed E-state index contributed by atoms with van der Waals surface area (Å²) in [7, 11) is 0.